The molecular weight excluding hydrogens is 568 g/mol. The van der Waals surface area contributed by atoms with Crippen LogP contribution in [0.2, 0.25) is 5.02 Å². The lowest BCUT2D eigenvalue weighted by Gasteiger charge is -2.12. The van der Waals surface area contributed by atoms with Crippen molar-refractivity contribution in [2.75, 3.05) is 11.9 Å². The average Bonchev–Trinajstić information content (AvgIpc) is 2.93. The minimum absolute atomic E-state index is 0.223. The molecule has 0 fully saturated rings. The fourth-order valence-corrected chi connectivity index (χ4v) is 4.77. The van der Waals surface area contributed by atoms with E-state index >= 15 is 0 Å². The first kappa shape index (κ1) is 25.4. The molecule has 0 saturated heterocycles. The number of rotatable bonds is 7. The van der Waals surface area contributed by atoms with Gasteiger partial charge in [-0.3, -0.25) is 9.59 Å². The van der Waals surface area contributed by atoms with Gasteiger partial charge in [0.15, 0.2) is 18.2 Å². The molecule has 1 amide bonds. The maximum atomic E-state index is 13.3. The molecule has 1 aromatic heterocycles. The molecule has 1 heterocycles. The number of fused-ring (bicyclic) bond motifs is 1. The summed E-state index contributed by atoms with van der Waals surface area (Å²) < 4.78 is 7.47. The second-order valence-corrected chi connectivity index (χ2v) is 9.46. The van der Waals surface area contributed by atoms with Crippen LogP contribution >= 0.6 is 27.5 Å². The maximum Gasteiger partial charge on any atom is 0.282 e. The van der Waals surface area contributed by atoms with Gasteiger partial charge in [-0.2, -0.15) is 9.78 Å². The van der Waals surface area contributed by atoms with Crippen LogP contribution in [0.25, 0.3) is 22.3 Å². The van der Waals surface area contributed by atoms with Crippen LogP contribution in [-0.4, -0.2) is 28.4 Å². The Morgan fingerprint density at radius 2 is 1.68 bits per heavy atom. The van der Waals surface area contributed by atoms with Gasteiger partial charge in [-0.05, 0) is 57.9 Å². The van der Waals surface area contributed by atoms with Crippen molar-refractivity contribution in [2.24, 2.45) is 5.10 Å². The molecule has 5 aromatic rings. The van der Waals surface area contributed by atoms with Crippen molar-refractivity contribution in [1.29, 1.82) is 0 Å². The van der Waals surface area contributed by atoms with E-state index in [0.29, 0.717) is 38.2 Å². The molecule has 0 spiro atoms. The third-order valence-electron chi connectivity index (χ3n) is 5.53. The number of aromatic nitrogens is 2. The molecule has 1 N–H and O–H groups in total. The number of benzene rings is 4. The first-order chi connectivity index (χ1) is 18.5. The first-order valence-corrected chi connectivity index (χ1v) is 12.7. The zero-order valence-corrected chi connectivity index (χ0v) is 22.2. The number of anilines is 1. The molecule has 0 unspecified atom stereocenters. The number of ether oxygens (including phenoxy) is 1. The molecule has 0 radical (unpaired) electrons. The Kier molecular flexibility index (Phi) is 7.62. The number of carbonyl (C=O) groups excluding carboxylic acids is 1. The molecular formula is C29H20BrClN4O3. The van der Waals surface area contributed by atoms with Gasteiger partial charge in [-0.1, -0.05) is 72.3 Å². The van der Waals surface area contributed by atoms with Crippen molar-refractivity contribution in [3.63, 3.8) is 0 Å². The highest BCUT2D eigenvalue weighted by atomic mass is 79.9. The van der Waals surface area contributed by atoms with Gasteiger partial charge in [0.25, 0.3) is 11.5 Å². The van der Waals surface area contributed by atoms with E-state index in [1.165, 1.54) is 10.9 Å². The van der Waals surface area contributed by atoms with E-state index in [0.717, 1.165) is 5.56 Å². The van der Waals surface area contributed by atoms with Gasteiger partial charge in [-0.25, -0.2) is 4.98 Å². The molecule has 0 bridgehead atoms. The van der Waals surface area contributed by atoms with Crippen LogP contribution in [-0.2, 0) is 4.79 Å². The zero-order chi connectivity index (χ0) is 26.5. The summed E-state index contributed by atoms with van der Waals surface area (Å²) in [5.41, 5.74) is 2.34. The lowest BCUT2D eigenvalue weighted by molar-refractivity contribution is -0.118. The maximum absolute atomic E-state index is 13.3. The van der Waals surface area contributed by atoms with E-state index in [2.05, 4.69) is 26.3 Å². The lowest BCUT2D eigenvalue weighted by atomic mass is 10.2. The number of nitrogens with one attached hydrogen (secondary N) is 1. The summed E-state index contributed by atoms with van der Waals surface area (Å²) in [6.07, 6.45) is 1.52. The average molecular weight is 588 g/mol. The van der Waals surface area contributed by atoms with Gasteiger partial charge < -0.3 is 10.1 Å². The SMILES string of the molecule is O=C(COc1c(Cl)cc(C=Nn2c(-c3ccccc3)nc3ccccc3c2=O)cc1Br)Nc1ccccc1. The number of para-hydroxylation sites is 2. The van der Waals surface area contributed by atoms with E-state index < -0.39 is 0 Å². The fraction of sp³-hybridized carbons (Fsp3) is 0.0345. The Balaban J connectivity index is 1.41. The van der Waals surface area contributed by atoms with Gasteiger partial charge in [0.05, 0.1) is 26.6 Å². The summed E-state index contributed by atoms with van der Waals surface area (Å²) >= 11 is 9.92. The van der Waals surface area contributed by atoms with Crippen LogP contribution < -0.4 is 15.6 Å². The smallest absolute Gasteiger partial charge is 0.282 e. The molecule has 188 valence electrons. The van der Waals surface area contributed by atoms with Gasteiger partial charge in [0.1, 0.15) is 0 Å². The van der Waals surface area contributed by atoms with Crippen molar-refractivity contribution < 1.29 is 9.53 Å². The molecule has 0 aliphatic rings. The highest BCUT2D eigenvalue weighted by Crippen LogP contribution is 2.34. The van der Waals surface area contributed by atoms with Crippen molar-refractivity contribution in [1.82, 2.24) is 9.66 Å². The van der Waals surface area contributed by atoms with E-state index in [1.54, 1.807) is 42.5 Å². The van der Waals surface area contributed by atoms with E-state index in [1.807, 2.05) is 54.6 Å². The van der Waals surface area contributed by atoms with Crippen LogP contribution in [0.1, 0.15) is 5.56 Å². The quantitative estimate of drug-likeness (QED) is 0.224. The van der Waals surface area contributed by atoms with Crippen molar-refractivity contribution in [3.8, 4) is 17.1 Å². The molecule has 7 nitrogen and oxygen atoms in total. The normalized spacial score (nSPS) is 11.1. The minimum Gasteiger partial charge on any atom is -0.481 e. The topological polar surface area (TPSA) is 85.6 Å². The summed E-state index contributed by atoms with van der Waals surface area (Å²) in [4.78, 5) is 30.3. The van der Waals surface area contributed by atoms with Crippen LogP contribution in [0.5, 0.6) is 5.75 Å². The van der Waals surface area contributed by atoms with Crippen LogP contribution in [0.3, 0.4) is 0 Å². The third kappa shape index (κ3) is 5.66. The molecule has 0 saturated carbocycles. The predicted molar refractivity (Wildman–Crippen MR) is 154 cm³/mol. The Hall–Kier alpha value is -4.27. The van der Waals surface area contributed by atoms with Crippen LogP contribution in [0, 0.1) is 0 Å². The van der Waals surface area contributed by atoms with Gasteiger partial charge in [0.2, 0.25) is 0 Å². The molecule has 5 rings (SSSR count). The summed E-state index contributed by atoms with van der Waals surface area (Å²) in [6.45, 7) is -0.223. The van der Waals surface area contributed by atoms with Gasteiger partial charge in [-0.15, -0.1) is 0 Å². The highest BCUT2D eigenvalue weighted by molar-refractivity contribution is 9.10. The Morgan fingerprint density at radius 3 is 2.42 bits per heavy atom. The van der Waals surface area contributed by atoms with Crippen molar-refractivity contribution in [2.45, 2.75) is 0 Å². The largest absolute Gasteiger partial charge is 0.481 e. The summed E-state index contributed by atoms with van der Waals surface area (Å²) in [6, 6.07) is 29.0. The van der Waals surface area contributed by atoms with E-state index in [9.17, 15) is 9.59 Å². The van der Waals surface area contributed by atoms with Crippen LogP contribution in [0.15, 0.2) is 111 Å². The van der Waals surface area contributed by atoms with E-state index in [-0.39, 0.29) is 23.1 Å². The Labute approximate surface area is 231 Å². The highest BCUT2D eigenvalue weighted by Gasteiger charge is 2.14. The van der Waals surface area contributed by atoms with Crippen molar-refractivity contribution in [3.05, 3.63) is 122 Å². The zero-order valence-electron chi connectivity index (χ0n) is 19.8. The first-order valence-electron chi connectivity index (χ1n) is 11.6. The Bertz CT molecular complexity index is 1680. The van der Waals surface area contributed by atoms with Gasteiger partial charge >= 0.3 is 0 Å². The second-order valence-electron chi connectivity index (χ2n) is 8.20. The third-order valence-corrected chi connectivity index (χ3v) is 6.40. The Morgan fingerprint density at radius 1 is 1.00 bits per heavy atom. The summed E-state index contributed by atoms with van der Waals surface area (Å²) in [5, 5.41) is 7.96. The monoisotopic (exact) mass is 586 g/mol. The number of carbonyl (C=O) groups is 1. The fourth-order valence-electron chi connectivity index (χ4n) is 3.78. The van der Waals surface area contributed by atoms with Crippen molar-refractivity contribution >= 4 is 56.2 Å². The van der Waals surface area contributed by atoms with Crippen LogP contribution in [0.4, 0.5) is 5.69 Å². The minimum atomic E-state index is -0.318. The number of hydrogen-bond acceptors (Lipinski definition) is 5. The molecule has 0 atom stereocenters. The summed E-state index contributed by atoms with van der Waals surface area (Å²) in [7, 11) is 0. The predicted octanol–water partition coefficient (Wildman–Crippen LogP) is 6.38. The molecule has 0 aliphatic heterocycles. The molecule has 38 heavy (non-hydrogen) atoms. The van der Waals surface area contributed by atoms with E-state index in [4.69, 9.17) is 21.3 Å². The molecule has 9 heteroatoms. The number of hydrogen-bond donors (Lipinski definition) is 1. The summed E-state index contributed by atoms with van der Waals surface area (Å²) in [5.74, 6) is 0.420. The molecule has 0 aliphatic carbocycles. The second kappa shape index (κ2) is 11.4. The van der Waals surface area contributed by atoms with Gasteiger partial charge in [0, 0.05) is 11.3 Å². The number of halogens is 2. The molecule has 4 aromatic carbocycles. The standard InChI is InChI=1S/C29H20BrClN4O3/c30-23-15-19(16-24(31)27(23)38-18-26(36)33-21-11-5-2-6-12-21)17-32-35-28(20-9-3-1-4-10-20)34-25-14-8-7-13-22(25)29(35)37/h1-17H,18H2,(H,33,36). The number of nitrogens with zero attached hydrogens (tertiary/aromatic N) is 3. The number of amides is 1. The lowest BCUT2D eigenvalue weighted by Crippen LogP contribution is -2.20.